The van der Waals surface area contributed by atoms with Gasteiger partial charge in [0.05, 0.1) is 5.33 Å². The molecule has 0 radical (unpaired) electrons. The fraction of sp³-hybridized carbons (Fsp3) is 0.667. The van der Waals surface area contributed by atoms with E-state index in [9.17, 15) is 0 Å². The minimum atomic E-state index is 0.320. The Labute approximate surface area is 68.0 Å². The molecule has 4 heteroatoms. The van der Waals surface area contributed by atoms with Gasteiger partial charge in [-0.05, 0) is 0 Å². The third-order valence-electron chi connectivity index (χ3n) is 1.09. The topological polar surface area (TPSA) is 38.9 Å². The molecule has 10 heavy (non-hydrogen) atoms. The summed E-state index contributed by atoms with van der Waals surface area (Å²) in [5.41, 5.74) is 0. The maximum atomic E-state index is 5.23. The zero-order chi connectivity index (χ0) is 7.56. The first-order chi connectivity index (χ1) is 4.74. The van der Waals surface area contributed by atoms with Gasteiger partial charge >= 0.3 is 0 Å². The highest BCUT2D eigenvalue weighted by atomic mass is 79.9. The summed E-state index contributed by atoms with van der Waals surface area (Å²) in [7, 11) is 0. The maximum absolute atomic E-state index is 5.23. The van der Waals surface area contributed by atoms with Crippen molar-refractivity contribution in [2.75, 3.05) is 0 Å². The Kier molecular flexibility index (Phi) is 2.43. The highest BCUT2D eigenvalue weighted by Crippen LogP contribution is 2.12. The molecule has 0 atom stereocenters. The quantitative estimate of drug-likeness (QED) is 0.694. The van der Waals surface area contributed by atoms with Crippen LogP contribution in [0.15, 0.2) is 4.42 Å². The first-order valence-electron chi connectivity index (χ1n) is 3.12. The highest BCUT2D eigenvalue weighted by Gasteiger charge is 2.07. The lowest BCUT2D eigenvalue weighted by Crippen LogP contribution is -1.85. The fourth-order valence-corrected chi connectivity index (χ4v) is 0.781. The standard InChI is InChI=1S/C6H9BrN2O/c1-4(2)6-9-8-5(3-7)10-6/h4H,3H2,1-2H3. The van der Waals surface area contributed by atoms with E-state index in [1.165, 1.54) is 0 Å². The first kappa shape index (κ1) is 7.72. The van der Waals surface area contributed by atoms with Crippen LogP contribution in [0.5, 0.6) is 0 Å². The van der Waals surface area contributed by atoms with E-state index in [4.69, 9.17) is 4.42 Å². The first-order valence-corrected chi connectivity index (χ1v) is 4.24. The molecule has 56 valence electrons. The molecule has 1 aromatic heterocycles. The van der Waals surface area contributed by atoms with Gasteiger partial charge in [0.1, 0.15) is 0 Å². The molecule has 0 saturated carbocycles. The van der Waals surface area contributed by atoms with E-state index in [2.05, 4.69) is 26.1 Å². The number of hydrogen-bond acceptors (Lipinski definition) is 3. The fourth-order valence-electron chi connectivity index (χ4n) is 0.554. The van der Waals surface area contributed by atoms with E-state index >= 15 is 0 Å². The average Bonchev–Trinajstić information content (AvgIpc) is 2.34. The predicted molar refractivity (Wildman–Crippen MR) is 41.0 cm³/mol. The average molecular weight is 205 g/mol. The van der Waals surface area contributed by atoms with E-state index in [1.54, 1.807) is 0 Å². The van der Waals surface area contributed by atoms with E-state index in [-0.39, 0.29) is 0 Å². The molecule has 1 heterocycles. The SMILES string of the molecule is CC(C)c1nnc(CBr)o1. The van der Waals surface area contributed by atoms with E-state index < -0.39 is 0 Å². The Morgan fingerprint density at radius 3 is 2.50 bits per heavy atom. The Bertz CT molecular complexity index is 209. The molecular formula is C6H9BrN2O. The largest absolute Gasteiger partial charge is 0.424 e. The third-order valence-corrected chi connectivity index (χ3v) is 1.57. The van der Waals surface area contributed by atoms with Crippen LogP contribution in [0.25, 0.3) is 0 Å². The van der Waals surface area contributed by atoms with Crippen molar-refractivity contribution in [3.8, 4) is 0 Å². The number of rotatable bonds is 2. The molecule has 0 bridgehead atoms. The second kappa shape index (κ2) is 3.14. The van der Waals surface area contributed by atoms with Gasteiger partial charge in [0.25, 0.3) is 0 Å². The Morgan fingerprint density at radius 1 is 1.50 bits per heavy atom. The smallest absolute Gasteiger partial charge is 0.227 e. The molecular weight excluding hydrogens is 196 g/mol. The molecule has 0 unspecified atom stereocenters. The molecule has 1 rings (SSSR count). The van der Waals surface area contributed by atoms with Gasteiger partial charge in [0, 0.05) is 5.92 Å². The summed E-state index contributed by atoms with van der Waals surface area (Å²) < 4.78 is 5.23. The third kappa shape index (κ3) is 1.56. The van der Waals surface area contributed by atoms with Crippen molar-refractivity contribution in [1.29, 1.82) is 0 Å². The van der Waals surface area contributed by atoms with Gasteiger partial charge in [-0.3, -0.25) is 0 Å². The Morgan fingerprint density at radius 2 is 2.20 bits per heavy atom. The summed E-state index contributed by atoms with van der Waals surface area (Å²) in [5, 5.41) is 8.26. The lowest BCUT2D eigenvalue weighted by atomic mass is 10.2. The molecule has 0 N–H and O–H groups in total. The van der Waals surface area contributed by atoms with Crippen LogP contribution in [-0.2, 0) is 5.33 Å². The molecule has 0 aliphatic heterocycles. The van der Waals surface area contributed by atoms with Crippen LogP contribution in [0.1, 0.15) is 31.5 Å². The van der Waals surface area contributed by atoms with Crippen molar-refractivity contribution < 1.29 is 4.42 Å². The van der Waals surface area contributed by atoms with Crippen LogP contribution in [0.3, 0.4) is 0 Å². The van der Waals surface area contributed by atoms with Gasteiger partial charge in [0.2, 0.25) is 11.8 Å². The van der Waals surface area contributed by atoms with Crippen molar-refractivity contribution in [3.05, 3.63) is 11.8 Å². The van der Waals surface area contributed by atoms with E-state index in [1.807, 2.05) is 13.8 Å². The van der Waals surface area contributed by atoms with Crippen molar-refractivity contribution in [3.63, 3.8) is 0 Å². The second-order valence-electron chi connectivity index (χ2n) is 2.32. The molecule has 3 nitrogen and oxygen atoms in total. The summed E-state index contributed by atoms with van der Waals surface area (Å²) in [6.45, 7) is 4.04. The molecule has 0 aliphatic rings. The number of alkyl halides is 1. The van der Waals surface area contributed by atoms with E-state index in [0.717, 1.165) is 0 Å². The van der Waals surface area contributed by atoms with Gasteiger partial charge in [-0.25, -0.2) is 0 Å². The summed E-state index contributed by atoms with van der Waals surface area (Å²) in [6, 6.07) is 0. The molecule has 0 aromatic carbocycles. The Hall–Kier alpha value is -0.380. The highest BCUT2D eigenvalue weighted by molar-refractivity contribution is 9.08. The lowest BCUT2D eigenvalue weighted by molar-refractivity contribution is 0.446. The maximum Gasteiger partial charge on any atom is 0.227 e. The van der Waals surface area contributed by atoms with Gasteiger partial charge in [-0.2, -0.15) is 0 Å². The number of nitrogens with zero attached hydrogens (tertiary/aromatic N) is 2. The summed E-state index contributed by atoms with van der Waals surface area (Å²) >= 11 is 3.22. The van der Waals surface area contributed by atoms with Crippen LogP contribution >= 0.6 is 15.9 Å². The van der Waals surface area contributed by atoms with Gasteiger partial charge in [0.15, 0.2) is 0 Å². The van der Waals surface area contributed by atoms with Crippen LogP contribution in [0.4, 0.5) is 0 Å². The minimum absolute atomic E-state index is 0.320. The number of halogens is 1. The van der Waals surface area contributed by atoms with Gasteiger partial charge < -0.3 is 4.42 Å². The van der Waals surface area contributed by atoms with Crippen LogP contribution in [-0.4, -0.2) is 10.2 Å². The monoisotopic (exact) mass is 204 g/mol. The van der Waals surface area contributed by atoms with Crippen LogP contribution < -0.4 is 0 Å². The summed E-state index contributed by atoms with van der Waals surface area (Å²) in [6.07, 6.45) is 0. The summed E-state index contributed by atoms with van der Waals surface area (Å²) in [5.74, 6) is 1.67. The van der Waals surface area contributed by atoms with Crippen molar-refractivity contribution in [1.82, 2.24) is 10.2 Å². The zero-order valence-electron chi connectivity index (χ0n) is 5.97. The van der Waals surface area contributed by atoms with Gasteiger partial charge in [-0.15, -0.1) is 10.2 Å². The Balaban J connectivity index is 2.78. The second-order valence-corrected chi connectivity index (χ2v) is 2.88. The number of hydrogen-bond donors (Lipinski definition) is 0. The molecule has 0 saturated heterocycles. The minimum Gasteiger partial charge on any atom is -0.424 e. The predicted octanol–water partition coefficient (Wildman–Crippen LogP) is 2.09. The van der Waals surface area contributed by atoms with Gasteiger partial charge in [-0.1, -0.05) is 29.8 Å². The van der Waals surface area contributed by atoms with Crippen molar-refractivity contribution in [2.24, 2.45) is 0 Å². The molecule has 1 aromatic rings. The van der Waals surface area contributed by atoms with E-state index in [0.29, 0.717) is 23.0 Å². The summed E-state index contributed by atoms with van der Waals surface area (Å²) in [4.78, 5) is 0. The molecule has 0 fully saturated rings. The lowest BCUT2D eigenvalue weighted by Gasteiger charge is -1.92. The van der Waals surface area contributed by atoms with Crippen molar-refractivity contribution >= 4 is 15.9 Å². The zero-order valence-corrected chi connectivity index (χ0v) is 7.55. The van der Waals surface area contributed by atoms with Crippen molar-refractivity contribution in [2.45, 2.75) is 25.1 Å². The van der Waals surface area contributed by atoms with Crippen LogP contribution in [0, 0.1) is 0 Å². The normalized spacial score (nSPS) is 10.8. The van der Waals surface area contributed by atoms with Crippen LogP contribution in [0.2, 0.25) is 0 Å². The number of aromatic nitrogens is 2. The molecule has 0 spiro atoms. The molecule has 0 aliphatic carbocycles. The molecule has 0 amide bonds.